The lowest BCUT2D eigenvalue weighted by atomic mass is 10.1. The van der Waals surface area contributed by atoms with Crippen molar-refractivity contribution in [3.8, 4) is 0 Å². The third-order valence-corrected chi connectivity index (χ3v) is 5.31. The van der Waals surface area contributed by atoms with Crippen molar-refractivity contribution in [1.82, 2.24) is 10.2 Å². The molecule has 1 saturated heterocycles. The number of amides is 2. The number of aryl methyl sites for hydroxylation is 1. The number of nitrogens with one attached hydrogen (secondary N) is 1. The number of rotatable bonds is 5. The minimum atomic E-state index is -0.331. The van der Waals surface area contributed by atoms with Crippen LogP contribution in [0, 0.1) is 6.92 Å². The lowest BCUT2D eigenvalue weighted by Crippen LogP contribution is -2.46. The van der Waals surface area contributed by atoms with E-state index in [2.05, 4.69) is 18.3 Å². The molecule has 1 unspecified atom stereocenters. The Labute approximate surface area is 146 Å². The van der Waals surface area contributed by atoms with Crippen molar-refractivity contribution in [2.45, 2.75) is 38.8 Å². The van der Waals surface area contributed by atoms with Crippen molar-refractivity contribution >= 4 is 23.2 Å². The Morgan fingerprint density at radius 2 is 2.00 bits per heavy atom. The fraction of sp³-hybridized carbons (Fsp3) is 0.368. The van der Waals surface area contributed by atoms with Crippen LogP contribution in [0.4, 0.5) is 0 Å². The van der Waals surface area contributed by atoms with Crippen LogP contribution in [-0.2, 0) is 22.6 Å². The molecule has 1 aliphatic heterocycles. The third kappa shape index (κ3) is 4.03. The van der Waals surface area contributed by atoms with Gasteiger partial charge < -0.3 is 10.2 Å². The van der Waals surface area contributed by atoms with Gasteiger partial charge in [0.05, 0.1) is 13.0 Å². The molecule has 0 saturated carbocycles. The van der Waals surface area contributed by atoms with Crippen LogP contribution in [0.1, 0.15) is 28.2 Å². The molecule has 5 heteroatoms. The summed E-state index contributed by atoms with van der Waals surface area (Å²) in [6.45, 7) is 3.26. The van der Waals surface area contributed by atoms with E-state index in [1.807, 2.05) is 36.4 Å². The van der Waals surface area contributed by atoms with Gasteiger partial charge in [-0.3, -0.25) is 9.59 Å². The second-order valence-electron chi connectivity index (χ2n) is 6.14. The summed E-state index contributed by atoms with van der Waals surface area (Å²) in [6.07, 6.45) is 1.99. The van der Waals surface area contributed by atoms with E-state index < -0.39 is 0 Å². The van der Waals surface area contributed by atoms with Crippen LogP contribution in [0.15, 0.2) is 42.5 Å². The summed E-state index contributed by atoms with van der Waals surface area (Å²) >= 11 is 1.69. The highest BCUT2D eigenvalue weighted by atomic mass is 32.1. The Balaban J connectivity index is 1.57. The fourth-order valence-corrected chi connectivity index (χ4v) is 3.91. The van der Waals surface area contributed by atoms with Gasteiger partial charge in [0.2, 0.25) is 11.8 Å². The van der Waals surface area contributed by atoms with Gasteiger partial charge in [-0.2, -0.15) is 0 Å². The zero-order valence-corrected chi connectivity index (χ0v) is 14.6. The molecule has 1 aliphatic rings. The molecule has 4 nitrogen and oxygen atoms in total. The molecule has 2 amide bonds. The Kier molecular flexibility index (Phi) is 5.30. The van der Waals surface area contributed by atoms with Crippen molar-refractivity contribution in [2.24, 2.45) is 0 Å². The monoisotopic (exact) mass is 342 g/mol. The molecule has 0 spiro atoms. The largest absolute Gasteiger partial charge is 0.349 e. The second kappa shape index (κ2) is 7.62. The average Bonchev–Trinajstić information content (AvgIpc) is 3.22. The van der Waals surface area contributed by atoms with Gasteiger partial charge in [0.1, 0.15) is 6.04 Å². The van der Waals surface area contributed by atoms with Crippen LogP contribution in [0.2, 0.25) is 0 Å². The van der Waals surface area contributed by atoms with E-state index in [4.69, 9.17) is 0 Å². The fourth-order valence-electron chi connectivity index (χ4n) is 3.08. The van der Waals surface area contributed by atoms with Gasteiger partial charge in [0.15, 0.2) is 0 Å². The maximum Gasteiger partial charge on any atom is 0.243 e. The lowest BCUT2D eigenvalue weighted by molar-refractivity contribution is -0.138. The number of likely N-dealkylation sites (tertiary alicyclic amines) is 1. The van der Waals surface area contributed by atoms with E-state index >= 15 is 0 Å². The average molecular weight is 342 g/mol. The lowest BCUT2D eigenvalue weighted by Gasteiger charge is -2.24. The predicted octanol–water partition coefficient (Wildman–Crippen LogP) is 2.91. The number of hydrogen-bond donors (Lipinski definition) is 1. The van der Waals surface area contributed by atoms with Crippen molar-refractivity contribution in [3.05, 3.63) is 57.8 Å². The molecule has 1 atom stereocenters. The molecule has 1 N–H and O–H groups in total. The first-order valence-electron chi connectivity index (χ1n) is 8.30. The van der Waals surface area contributed by atoms with Crippen LogP contribution in [0.3, 0.4) is 0 Å². The first-order chi connectivity index (χ1) is 11.6. The number of carbonyl (C=O) groups is 2. The Hall–Kier alpha value is -2.14. The zero-order valence-electron chi connectivity index (χ0n) is 13.8. The van der Waals surface area contributed by atoms with Gasteiger partial charge in [-0.05, 0) is 37.5 Å². The minimum Gasteiger partial charge on any atom is -0.349 e. The topological polar surface area (TPSA) is 49.4 Å². The van der Waals surface area contributed by atoms with E-state index in [-0.39, 0.29) is 17.9 Å². The molecular weight excluding hydrogens is 320 g/mol. The normalized spacial score (nSPS) is 17.0. The summed E-state index contributed by atoms with van der Waals surface area (Å²) in [5, 5.41) is 2.98. The van der Waals surface area contributed by atoms with Crippen molar-refractivity contribution in [3.63, 3.8) is 0 Å². The minimum absolute atomic E-state index is 0.0332. The number of nitrogens with zero attached hydrogens (tertiary/aromatic N) is 1. The van der Waals surface area contributed by atoms with E-state index in [9.17, 15) is 9.59 Å². The van der Waals surface area contributed by atoms with Crippen LogP contribution >= 0.6 is 11.3 Å². The third-order valence-electron chi connectivity index (χ3n) is 4.31. The van der Waals surface area contributed by atoms with E-state index in [0.29, 0.717) is 19.5 Å². The Morgan fingerprint density at radius 1 is 1.21 bits per heavy atom. The Bertz CT molecular complexity index is 711. The van der Waals surface area contributed by atoms with Gasteiger partial charge in [0, 0.05) is 16.3 Å². The Morgan fingerprint density at radius 3 is 2.71 bits per heavy atom. The first kappa shape index (κ1) is 16.7. The second-order valence-corrected chi connectivity index (χ2v) is 7.51. The molecule has 2 aromatic rings. The number of thiophene rings is 1. The summed E-state index contributed by atoms with van der Waals surface area (Å²) < 4.78 is 0. The molecule has 3 rings (SSSR count). The van der Waals surface area contributed by atoms with Gasteiger partial charge in [-0.1, -0.05) is 30.3 Å². The smallest absolute Gasteiger partial charge is 0.243 e. The maximum atomic E-state index is 12.6. The van der Waals surface area contributed by atoms with Gasteiger partial charge in [0.25, 0.3) is 0 Å². The molecular formula is C19H22N2O2S. The van der Waals surface area contributed by atoms with Crippen molar-refractivity contribution < 1.29 is 9.59 Å². The van der Waals surface area contributed by atoms with Crippen LogP contribution in [0.5, 0.6) is 0 Å². The predicted molar refractivity (Wildman–Crippen MR) is 95.8 cm³/mol. The highest BCUT2D eigenvalue weighted by Gasteiger charge is 2.33. The highest BCUT2D eigenvalue weighted by molar-refractivity contribution is 7.11. The van der Waals surface area contributed by atoms with Crippen molar-refractivity contribution in [2.75, 3.05) is 6.54 Å². The van der Waals surface area contributed by atoms with Crippen molar-refractivity contribution in [1.29, 1.82) is 0 Å². The number of benzene rings is 1. The highest BCUT2D eigenvalue weighted by Crippen LogP contribution is 2.20. The van der Waals surface area contributed by atoms with Crippen LogP contribution < -0.4 is 5.32 Å². The molecule has 1 aromatic carbocycles. The standard InChI is InChI=1S/C19H22N2O2S/c1-14-9-10-16(24-14)13-20-19(23)17-8-5-11-21(17)18(22)12-15-6-3-2-4-7-15/h2-4,6-7,9-10,17H,5,8,11-13H2,1H3,(H,20,23). The molecule has 0 aliphatic carbocycles. The van der Waals surface area contributed by atoms with Crippen LogP contribution in [-0.4, -0.2) is 29.3 Å². The summed E-state index contributed by atoms with van der Waals surface area (Å²) in [7, 11) is 0. The molecule has 24 heavy (non-hydrogen) atoms. The first-order valence-corrected chi connectivity index (χ1v) is 9.11. The summed E-state index contributed by atoms with van der Waals surface area (Å²) in [6, 6.07) is 13.4. The van der Waals surface area contributed by atoms with Gasteiger partial charge in [-0.15, -0.1) is 11.3 Å². The molecule has 2 heterocycles. The quantitative estimate of drug-likeness (QED) is 0.908. The van der Waals surface area contributed by atoms with E-state index in [1.165, 1.54) is 4.88 Å². The number of carbonyl (C=O) groups excluding carboxylic acids is 2. The van der Waals surface area contributed by atoms with E-state index in [1.54, 1.807) is 16.2 Å². The maximum absolute atomic E-state index is 12.6. The number of hydrogen-bond acceptors (Lipinski definition) is 3. The zero-order chi connectivity index (χ0) is 16.9. The SMILES string of the molecule is Cc1ccc(CNC(=O)C2CCCN2C(=O)Cc2ccccc2)s1. The molecule has 0 radical (unpaired) electrons. The summed E-state index contributed by atoms with van der Waals surface area (Å²) in [5.74, 6) is -0.00853. The van der Waals surface area contributed by atoms with E-state index in [0.717, 1.165) is 23.3 Å². The van der Waals surface area contributed by atoms with Gasteiger partial charge >= 0.3 is 0 Å². The molecule has 1 aromatic heterocycles. The summed E-state index contributed by atoms with van der Waals surface area (Å²) in [4.78, 5) is 29.2. The van der Waals surface area contributed by atoms with Crippen LogP contribution in [0.25, 0.3) is 0 Å². The molecule has 0 bridgehead atoms. The summed E-state index contributed by atoms with van der Waals surface area (Å²) in [5.41, 5.74) is 0.989. The molecule has 126 valence electrons. The van der Waals surface area contributed by atoms with Gasteiger partial charge in [-0.25, -0.2) is 0 Å². The molecule has 1 fully saturated rings.